The molecule has 0 fully saturated rings. The van der Waals surface area contributed by atoms with Crippen LogP contribution in [0.5, 0.6) is 5.75 Å². The maximum atomic E-state index is 6.22. The quantitative estimate of drug-likeness (QED) is 0.298. The lowest BCUT2D eigenvalue weighted by Gasteiger charge is -2.20. The van der Waals surface area contributed by atoms with Crippen molar-refractivity contribution in [3.05, 3.63) is 46.7 Å². The van der Waals surface area contributed by atoms with Gasteiger partial charge in [0.15, 0.2) is 5.96 Å². The lowest BCUT2D eigenvalue weighted by molar-refractivity contribution is 0.191. The van der Waals surface area contributed by atoms with Gasteiger partial charge < -0.3 is 19.8 Å². The van der Waals surface area contributed by atoms with Crippen LogP contribution in [-0.4, -0.2) is 24.1 Å². The normalized spacial score (nSPS) is 12.5. The van der Waals surface area contributed by atoms with E-state index in [-0.39, 0.29) is 30.1 Å². The van der Waals surface area contributed by atoms with Crippen LogP contribution in [0.1, 0.15) is 55.7 Å². The van der Waals surface area contributed by atoms with E-state index in [2.05, 4.69) is 66.5 Å². The maximum absolute atomic E-state index is 6.22. The highest BCUT2D eigenvalue weighted by Gasteiger charge is 2.12. The second kappa shape index (κ2) is 12.0. The summed E-state index contributed by atoms with van der Waals surface area (Å²) in [6, 6.07) is 6.31. The van der Waals surface area contributed by atoms with E-state index >= 15 is 0 Å². The van der Waals surface area contributed by atoms with E-state index in [0.29, 0.717) is 30.9 Å². The van der Waals surface area contributed by atoms with Gasteiger partial charge in [-0.1, -0.05) is 26.0 Å². The minimum atomic E-state index is 0. The van der Waals surface area contributed by atoms with Crippen molar-refractivity contribution >= 4 is 29.9 Å². The first-order chi connectivity index (χ1) is 13.3. The first kappa shape index (κ1) is 25.3. The lowest BCUT2D eigenvalue weighted by atomic mass is 10.1. The average molecular weight is 514 g/mol. The molecule has 2 aromatic rings. The number of aromatic nitrogens is 1. The summed E-state index contributed by atoms with van der Waals surface area (Å²) in [7, 11) is 1.75. The minimum Gasteiger partial charge on any atom is -0.490 e. The molecule has 0 aliphatic carbocycles. The lowest BCUT2D eigenvalue weighted by Crippen LogP contribution is -2.36. The van der Waals surface area contributed by atoms with Crippen molar-refractivity contribution in [3.8, 4) is 5.75 Å². The number of aryl methyl sites for hydroxylation is 3. The maximum Gasteiger partial charge on any atom is 0.214 e. The molecule has 0 aliphatic rings. The third-order valence-corrected chi connectivity index (χ3v) is 4.50. The molecule has 6 nitrogen and oxygen atoms in total. The second-order valence-electron chi connectivity index (χ2n) is 7.70. The summed E-state index contributed by atoms with van der Waals surface area (Å²) in [5, 5.41) is 6.58. The predicted octanol–water partition coefficient (Wildman–Crippen LogP) is 4.90. The molecule has 1 aromatic heterocycles. The topological polar surface area (TPSA) is 71.7 Å². The van der Waals surface area contributed by atoms with Crippen molar-refractivity contribution in [1.29, 1.82) is 0 Å². The summed E-state index contributed by atoms with van der Waals surface area (Å²) >= 11 is 0. The Labute approximate surface area is 191 Å². The van der Waals surface area contributed by atoms with Crippen molar-refractivity contribution in [2.45, 2.75) is 67.2 Å². The van der Waals surface area contributed by atoms with E-state index in [9.17, 15) is 0 Å². The molecule has 1 heterocycles. The smallest absolute Gasteiger partial charge is 0.214 e. The van der Waals surface area contributed by atoms with Crippen LogP contribution in [0, 0.1) is 26.7 Å². The molecule has 0 spiro atoms. The van der Waals surface area contributed by atoms with Crippen molar-refractivity contribution in [1.82, 2.24) is 15.6 Å². The van der Waals surface area contributed by atoms with Crippen LogP contribution >= 0.6 is 24.0 Å². The van der Waals surface area contributed by atoms with Crippen LogP contribution < -0.4 is 15.4 Å². The Kier molecular flexibility index (Phi) is 10.5. The van der Waals surface area contributed by atoms with E-state index in [0.717, 1.165) is 29.2 Å². The summed E-state index contributed by atoms with van der Waals surface area (Å²) in [6.07, 6.45) is 1.20. The van der Waals surface area contributed by atoms with Crippen LogP contribution in [0.3, 0.4) is 0 Å². The minimum absolute atomic E-state index is 0. The molecule has 1 aromatic carbocycles. The SMILES string of the molecule is CN=C(NCc1nc(C)c(C)o1)NCc1ccc(C)cc1OC(C)CC(C)C.I. The zero-order valence-electron chi connectivity index (χ0n) is 18.6. The Balaban J connectivity index is 0.00000420. The van der Waals surface area contributed by atoms with Gasteiger partial charge in [0.05, 0.1) is 18.3 Å². The Morgan fingerprint density at radius 2 is 1.83 bits per heavy atom. The number of ether oxygens (including phenoxy) is 1. The highest BCUT2D eigenvalue weighted by molar-refractivity contribution is 14.0. The van der Waals surface area contributed by atoms with Crippen LogP contribution in [0.4, 0.5) is 0 Å². The van der Waals surface area contributed by atoms with E-state index in [4.69, 9.17) is 9.15 Å². The predicted molar refractivity (Wildman–Crippen MR) is 129 cm³/mol. The van der Waals surface area contributed by atoms with Gasteiger partial charge in [-0.05, 0) is 51.7 Å². The molecular weight excluding hydrogens is 479 g/mol. The molecule has 7 heteroatoms. The Bertz CT molecular complexity index is 783. The van der Waals surface area contributed by atoms with Crippen molar-refractivity contribution in [2.24, 2.45) is 10.9 Å². The van der Waals surface area contributed by atoms with Crippen molar-refractivity contribution < 1.29 is 9.15 Å². The number of halogens is 1. The van der Waals surface area contributed by atoms with E-state index in [1.54, 1.807) is 7.05 Å². The summed E-state index contributed by atoms with van der Waals surface area (Å²) in [5.74, 6) is 3.72. The highest BCUT2D eigenvalue weighted by Crippen LogP contribution is 2.23. The third kappa shape index (κ3) is 8.24. The molecule has 0 amide bonds. The molecule has 0 bridgehead atoms. The van der Waals surface area contributed by atoms with Gasteiger partial charge in [0, 0.05) is 19.2 Å². The number of benzene rings is 1. The van der Waals surface area contributed by atoms with Gasteiger partial charge in [0.25, 0.3) is 0 Å². The van der Waals surface area contributed by atoms with Crippen molar-refractivity contribution in [2.75, 3.05) is 7.05 Å². The molecule has 0 radical (unpaired) electrons. The zero-order chi connectivity index (χ0) is 20.7. The number of oxazole rings is 1. The van der Waals surface area contributed by atoms with E-state index in [1.165, 1.54) is 5.56 Å². The van der Waals surface area contributed by atoms with Crippen LogP contribution in [0.25, 0.3) is 0 Å². The molecule has 0 saturated carbocycles. The Hall–Kier alpha value is -1.77. The summed E-state index contributed by atoms with van der Waals surface area (Å²) in [6.45, 7) is 13.6. The molecule has 29 heavy (non-hydrogen) atoms. The summed E-state index contributed by atoms with van der Waals surface area (Å²) < 4.78 is 11.8. The van der Waals surface area contributed by atoms with E-state index < -0.39 is 0 Å². The van der Waals surface area contributed by atoms with E-state index in [1.807, 2.05) is 13.8 Å². The molecule has 0 saturated heterocycles. The fourth-order valence-corrected chi connectivity index (χ4v) is 3.02. The molecule has 2 rings (SSSR count). The number of aliphatic imine (C=N–C) groups is 1. The summed E-state index contributed by atoms with van der Waals surface area (Å²) in [5.41, 5.74) is 3.20. The molecule has 162 valence electrons. The average Bonchev–Trinajstić information content (AvgIpc) is 2.93. The number of nitrogens with one attached hydrogen (secondary N) is 2. The number of hydrogen-bond donors (Lipinski definition) is 2. The van der Waals surface area contributed by atoms with Gasteiger partial charge in [-0.2, -0.15) is 0 Å². The van der Waals surface area contributed by atoms with Gasteiger partial charge in [-0.25, -0.2) is 4.98 Å². The van der Waals surface area contributed by atoms with Gasteiger partial charge >= 0.3 is 0 Å². The molecular formula is C22H35IN4O2. The van der Waals surface area contributed by atoms with Crippen LogP contribution in [-0.2, 0) is 13.1 Å². The second-order valence-corrected chi connectivity index (χ2v) is 7.70. The Morgan fingerprint density at radius 1 is 1.14 bits per heavy atom. The third-order valence-electron chi connectivity index (χ3n) is 4.50. The number of hydrogen-bond acceptors (Lipinski definition) is 4. The van der Waals surface area contributed by atoms with Gasteiger partial charge in [0.1, 0.15) is 11.5 Å². The van der Waals surface area contributed by atoms with Crippen molar-refractivity contribution in [3.63, 3.8) is 0 Å². The fourth-order valence-electron chi connectivity index (χ4n) is 3.02. The number of rotatable bonds is 8. The monoisotopic (exact) mass is 514 g/mol. The molecule has 0 aliphatic heterocycles. The summed E-state index contributed by atoms with van der Waals surface area (Å²) in [4.78, 5) is 8.66. The standard InChI is InChI=1S/C22H34N4O2.HI/c1-14(2)10-16(4)27-20-11-15(3)8-9-19(20)12-24-22(23-7)25-13-21-26-17(5)18(6)28-21;/h8-9,11,14,16H,10,12-13H2,1-7H3,(H2,23,24,25);1H. The number of nitrogens with zero attached hydrogens (tertiary/aromatic N) is 2. The van der Waals surface area contributed by atoms with Crippen LogP contribution in [0.2, 0.25) is 0 Å². The first-order valence-electron chi connectivity index (χ1n) is 9.92. The molecule has 1 unspecified atom stereocenters. The van der Waals surface area contributed by atoms with Crippen LogP contribution in [0.15, 0.2) is 27.6 Å². The highest BCUT2D eigenvalue weighted by atomic mass is 127. The first-order valence-corrected chi connectivity index (χ1v) is 9.92. The van der Waals surface area contributed by atoms with Gasteiger partial charge in [-0.3, -0.25) is 4.99 Å². The Morgan fingerprint density at radius 3 is 2.41 bits per heavy atom. The van der Waals surface area contributed by atoms with Gasteiger partial charge in [-0.15, -0.1) is 24.0 Å². The zero-order valence-corrected chi connectivity index (χ0v) is 21.0. The van der Waals surface area contributed by atoms with Gasteiger partial charge in [0.2, 0.25) is 5.89 Å². The number of guanidine groups is 1. The molecule has 2 N–H and O–H groups in total. The molecule has 1 atom stereocenters. The fraction of sp³-hybridized carbons (Fsp3) is 0.545. The largest absolute Gasteiger partial charge is 0.490 e.